The molecule has 0 spiro atoms. The fraction of sp³-hybridized carbons (Fsp3) is 0.250. The summed E-state index contributed by atoms with van der Waals surface area (Å²) >= 11 is 0. The number of carbonyl (C=O) groups excluding carboxylic acids is 1. The second-order valence-electron chi connectivity index (χ2n) is 8.62. The van der Waals surface area contributed by atoms with Crippen molar-refractivity contribution in [3.05, 3.63) is 113 Å². The van der Waals surface area contributed by atoms with E-state index in [1.807, 2.05) is 35.0 Å². The molecule has 2 heterocycles. The van der Waals surface area contributed by atoms with Crippen LogP contribution in [0.5, 0.6) is 5.75 Å². The van der Waals surface area contributed by atoms with Crippen molar-refractivity contribution in [3.63, 3.8) is 0 Å². The van der Waals surface area contributed by atoms with Crippen LogP contribution in [0.25, 0.3) is 0 Å². The van der Waals surface area contributed by atoms with Crippen molar-refractivity contribution >= 4 is 5.78 Å². The summed E-state index contributed by atoms with van der Waals surface area (Å²) in [4.78, 5) is 20.9. The number of ketones is 1. The Bertz CT molecular complexity index is 1260. The molecule has 1 aliphatic carbocycles. The van der Waals surface area contributed by atoms with Gasteiger partial charge >= 0.3 is 0 Å². The van der Waals surface area contributed by atoms with E-state index in [1.165, 1.54) is 17.7 Å². The third-order valence-electron chi connectivity index (χ3n) is 6.38. The number of pyridine rings is 1. The summed E-state index contributed by atoms with van der Waals surface area (Å²) in [6.07, 6.45) is 12.5. The van der Waals surface area contributed by atoms with Gasteiger partial charge in [-0.15, -0.1) is 0 Å². The lowest BCUT2D eigenvalue weighted by molar-refractivity contribution is 0.0972. The maximum Gasteiger partial charge on any atom is 0.163 e. The molecule has 1 aliphatic rings. The summed E-state index contributed by atoms with van der Waals surface area (Å²) in [5.41, 5.74) is 5.07. The fourth-order valence-corrected chi connectivity index (χ4v) is 4.61. The van der Waals surface area contributed by atoms with E-state index in [2.05, 4.69) is 9.97 Å². The van der Waals surface area contributed by atoms with Crippen molar-refractivity contribution in [2.24, 2.45) is 0 Å². The van der Waals surface area contributed by atoms with Crippen molar-refractivity contribution in [3.8, 4) is 5.75 Å². The predicted molar refractivity (Wildman–Crippen MR) is 127 cm³/mol. The molecule has 0 bridgehead atoms. The minimum absolute atomic E-state index is 0.200. The zero-order valence-corrected chi connectivity index (χ0v) is 18.9. The fourth-order valence-electron chi connectivity index (χ4n) is 4.61. The number of Topliss-reactive ketones (excluding diaryl/α,β-unsaturated/α-hetero) is 1. The summed E-state index contributed by atoms with van der Waals surface area (Å²) < 4.78 is 22.2. The summed E-state index contributed by atoms with van der Waals surface area (Å²) in [6, 6.07) is 14.3. The normalized spacial score (nSPS) is 14.0. The van der Waals surface area contributed by atoms with Gasteiger partial charge < -0.3 is 9.30 Å². The van der Waals surface area contributed by atoms with Crippen molar-refractivity contribution in [1.29, 1.82) is 0 Å². The maximum atomic E-state index is 13.6. The Morgan fingerprint density at radius 1 is 0.941 bits per heavy atom. The first-order chi connectivity index (χ1) is 16.7. The quantitative estimate of drug-likeness (QED) is 0.350. The van der Waals surface area contributed by atoms with Gasteiger partial charge in [-0.3, -0.25) is 9.78 Å². The molecule has 0 amide bonds. The Hall–Kier alpha value is -3.80. The van der Waals surface area contributed by atoms with Crippen LogP contribution in [0, 0.1) is 5.82 Å². The van der Waals surface area contributed by atoms with Crippen molar-refractivity contribution < 1.29 is 13.9 Å². The number of imidazole rings is 1. The minimum Gasteiger partial charge on any atom is -0.484 e. The van der Waals surface area contributed by atoms with Gasteiger partial charge in [0.15, 0.2) is 5.78 Å². The van der Waals surface area contributed by atoms with E-state index in [1.54, 1.807) is 37.1 Å². The molecule has 6 heteroatoms. The van der Waals surface area contributed by atoms with Crippen LogP contribution in [0.4, 0.5) is 4.39 Å². The molecule has 1 unspecified atom stereocenters. The number of aryl methyl sites for hydroxylation is 1. The molecule has 0 saturated carbocycles. The van der Waals surface area contributed by atoms with Gasteiger partial charge in [0.1, 0.15) is 17.7 Å². The van der Waals surface area contributed by atoms with E-state index >= 15 is 0 Å². The molecule has 34 heavy (non-hydrogen) atoms. The summed E-state index contributed by atoms with van der Waals surface area (Å²) in [5.74, 6) is 0.693. The Kier molecular flexibility index (Phi) is 6.47. The van der Waals surface area contributed by atoms with Crippen LogP contribution in [0.3, 0.4) is 0 Å². The molecule has 1 atom stereocenters. The summed E-state index contributed by atoms with van der Waals surface area (Å²) in [6.45, 7) is 0.533. The van der Waals surface area contributed by atoms with Gasteiger partial charge in [0.2, 0.25) is 0 Å². The van der Waals surface area contributed by atoms with E-state index in [9.17, 15) is 9.18 Å². The van der Waals surface area contributed by atoms with Crippen LogP contribution >= 0.6 is 0 Å². The minimum atomic E-state index is -0.341. The summed E-state index contributed by atoms with van der Waals surface area (Å²) in [5, 5.41) is 0. The number of fused-ring (bicyclic) bond motifs is 1. The zero-order chi connectivity index (χ0) is 23.3. The predicted octanol–water partition coefficient (Wildman–Crippen LogP) is 5.54. The van der Waals surface area contributed by atoms with Gasteiger partial charge in [-0.25, -0.2) is 9.37 Å². The number of rotatable bonds is 8. The first-order valence-corrected chi connectivity index (χ1v) is 11.6. The Balaban J connectivity index is 1.51. The number of ether oxygens (including phenoxy) is 1. The van der Waals surface area contributed by atoms with E-state index in [0.29, 0.717) is 13.0 Å². The molecule has 172 valence electrons. The number of benzene rings is 2. The van der Waals surface area contributed by atoms with Crippen LogP contribution < -0.4 is 4.74 Å². The number of hydrogen-bond donors (Lipinski definition) is 0. The molecule has 2 aromatic heterocycles. The molecule has 0 aliphatic heterocycles. The number of hydrogen-bond acceptors (Lipinski definition) is 4. The first-order valence-electron chi connectivity index (χ1n) is 11.6. The SMILES string of the molecule is O=C1CCCc2c1ccc(OC(Cn1ccnc1)c1ccc(F)cc1)c2CCc1ccncc1. The second-order valence-corrected chi connectivity index (χ2v) is 8.62. The molecule has 0 saturated heterocycles. The number of nitrogens with zero attached hydrogens (tertiary/aromatic N) is 3. The Morgan fingerprint density at radius 2 is 1.76 bits per heavy atom. The molecule has 2 aromatic carbocycles. The average molecular weight is 456 g/mol. The number of halogens is 1. The molecular weight excluding hydrogens is 429 g/mol. The number of aromatic nitrogens is 3. The smallest absolute Gasteiger partial charge is 0.163 e. The lowest BCUT2D eigenvalue weighted by Gasteiger charge is -2.26. The van der Waals surface area contributed by atoms with E-state index in [0.717, 1.165) is 53.7 Å². The molecule has 5 rings (SSSR count). The Labute approximate surface area is 198 Å². The highest BCUT2D eigenvalue weighted by molar-refractivity contribution is 5.99. The van der Waals surface area contributed by atoms with Gasteiger partial charge in [-0.2, -0.15) is 0 Å². The molecule has 0 N–H and O–H groups in total. The van der Waals surface area contributed by atoms with Crippen molar-refractivity contribution in [2.75, 3.05) is 0 Å². The lowest BCUT2D eigenvalue weighted by Crippen LogP contribution is -2.18. The topological polar surface area (TPSA) is 57.0 Å². The van der Waals surface area contributed by atoms with Crippen molar-refractivity contribution in [2.45, 2.75) is 44.8 Å². The standard InChI is InChI=1S/C28H26FN3O2/c29-22-7-5-21(6-8-22)28(18-32-17-16-31-19-32)34-27-11-10-24-23(2-1-3-26(24)33)25(27)9-4-20-12-14-30-15-13-20/h5-8,10-17,19,28H,1-4,9,18H2. The summed E-state index contributed by atoms with van der Waals surface area (Å²) in [7, 11) is 0. The van der Waals surface area contributed by atoms with Crippen molar-refractivity contribution in [1.82, 2.24) is 14.5 Å². The third-order valence-corrected chi connectivity index (χ3v) is 6.38. The molecule has 0 fully saturated rings. The maximum absolute atomic E-state index is 13.6. The highest BCUT2D eigenvalue weighted by atomic mass is 19.1. The Morgan fingerprint density at radius 3 is 2.53 bits per heavy atom. The van der Waals surface area contributed by atoms with Gasteiger partial charge in [-0.05, 0) is 84.3 Å². The van der Waals surface area contributed by atoms with Crippen LogP contribution in [0.2, 0.25) is 0 Å². The van der Waals surface area contributed by atoms with Gasteiger partial charge in [0.25, 0.3) is 0 Å². The zero-order valence-electron chi connectivity index (χ0n) is 18.9. The number of carbonyl (C=O) groups is 1. The first kappa shape index (κ1) is 22.0. The molecule has 5 nitrogen and oxygen atoms in total. The van der Waals surface area contributed by atoms with Crippen LogP contribution in [-0.2, 0) is 25.8 Å². The molecule has 0 radical (unpaired) electrons. The molecular formula is C28H26FN3O2. The average Bonchev–Trinajstić information content (AvgIpc) is 3.37. The monoisotopic (exact) mass is 455 g/mol. The van der Waals surface area contributed by atoms with Crippen LogP contribution in [0.1, 0.15) is 51.6 Å². The largest absolute Gasteiger partial charge is 0.484 e. The van der Waals surface area contributed by atoms with Gasteiger partial charge in [-0.1, -0.05) is 12.1 Å². The van der Waals surface area contributed by atoms with E-state index in [4.69, 9.17) is 4.74 Å². The highest BCUT2D eigenvalue weighted by Gasteiger charge is 2.24. The van der Waals surface area contributed by atoms with Crippen LogP contribution in [0.15, 0.2) is 79.6 Å². The van der Waals surface area contributed by atoms with Gasteiger partial charge in [0.05, 0.1) is 12.9 Å². The van der Waals surface area contributed by atoms with E-state index in [-0.39, 0.29) is 17.7 Å². The molecule has 4 aromatic rings. The van der Waals surface area contributed by atoms with E-state index < -0.39 is 0 Å². The third kappa shape index (κ3) is 4.91. The highest BCUT2D eigenvalue weighted by Crippen LogP contribution is 2.35. The second kappa shape index (κ2) is 10.00. The van der Waals surface area contributed by atoms with Gasteiger partial charge in [0, 0.05) is 36.8 Å². The van der Waals surface area contributed by atoms with Crippen LogP contribution in [-0.4, -0.2) is 20.3 Å². The lowest BCUT2D eigenvalue weighted by atomic mass is 9.85.